The van der Waals surface area contributed by atoms with Crippen LogP contribution in [0.5, 0.6) is 0 Å². The maximum Gasteiger partial charge on any atom is 2.00 e. The SMILES string of the molecule is [Cl-].[Cl-].[Cl-].[Cl-].[Mg+2].[Mg+2].[Mg+2].[Mg+2]. The number of halogens is 4. The Balaban J connectivity index is 0. The van der Waals surface area contributed by atoms with Gasteiger partial charge in [-0.1, -0.05) is 0 Å². The average Bonchev–Trinajstić information content (AvgIpc) is 0. The van der Waals surface area contributed by atoms with Gasteiger partial charge in [-0.3, -0.25) is 0 Å². The molecular formula is Cl4Mg4+4. The Kier molecular flexibility index (Phi) is 709. The minimum Gasteiger partial charge on any atom is -1.00 e. The zero-order chi connectivity index (χ0) is 0. The summed E-state index contributed by atoms with van der Waals surface area (Å²) in [5.74, 6) is 0. The zero-order valence-corrected chi connectivity index (χ0v) is 13.0. The van der Waals surface area contributed by atoms with Gasteiger partial charge in [0.05, 0.1) is 0 Å². The van der Waals surface area contributed by atoms with E-state index in [0.717, 1.165) is 0 Å². The first-order valence-corrected chi connectivity index (χ1v) is 0. The second-order valence-electron chi connectivity index (χ2n) is 0. The summed E-state index contributed by atoms with van der Waals surface area (Å²) >= 11 is 0. The molecule has 0 aromatic heterocycles. The summed E-state index contributed by atoms with van der Waals surface area (Å²) in [7, 11) is 0. The van der Waals surface area contributed by atoms with E-state index in [-0.39, 0.29) is 142 Å². The second kappa shape index (κ2) is 65.7. The molecule has 0 N–H and O–H groups in total. The summed E-state index contributed by atoms with van der Waals surface area (Å²) in [6, 6.07) is 0. The summed E-state index contributed by atoms with van der Waals surface area (Å²) in [5, 5.41) is 0. The van der Waals surface area contributed by atoms with Crippen molar-refractivity contribution in [1.29, 1.82) is 0 Å². The molecule has 0 amide bonds. The first-order valence-electron chi connectivity index (χ1n) is 0. The van der Waals surface area contributed by atoms with Crippen LogP contribution in [0.15, 0.2) is 0 Å². The van der Waals surface area contributed by atoms with Crippen LogP contribution in [-0.4, -0.2) is 92.2 Å². The fourth-order valence-electron chi connectivity index (χ4n) is 0. The van der Waals surface area contributed by atoms with Crippen molar-refractivity contribution < 1.29 is 49.6 Å². The van der Waals surface area contributed by atoms with Gasteiger partial charge in [-0.15, -0.1) is 0 Å². The Morgan fingerprint density at radius 3 is 0.250 bits per heavy atom. The maximum atomic E-state index is 0. The molecule has 0 fully saturated rings. The van der Waals surface area contributed by atoms with E-state index in [2.05, 4.69) is 0 Å². The third kappa shape index (κ3) is 48.7. The van der Waals surface area contributed by atoms with E-state index in [9.17, 15) is 0 Å². The Morgan fingerprint density at radius 2 is 0.250 bits per heavy atom. The molecule has 0 atom stereocenters. The molecule has 8 heteroatoms. The van der Waals surface area contributed by atoms with Gasteiger partial charge in [0.25, 0.3) is 0 Å². The average molecular weight is 239 g/mol. The fraction of sp³-hybridized carbons (Fsp3) is 0. The van der Waals surface area contributed by atoms with Gasteiger partial charge in [0.2, 0.25) is 0 Å². The van der Waals surface area contributed by atoms with Crippen molar-refractivity contribution in [2.24, 2.45) is 0 Å². The molecule has 8 heavy (non-hydrogen) atoms. The molecule has 0 heterocycles. The van der Waals surface area contributed by atoms with Gasteiger partial charge in [0.1, 0.15) is 0 Å². The molecule has 0 unspecified atom stereocenters. The maximum absolute atomic E-state index is 0. The van der Waals surface area contributed by atoms with Crippen molar-refractivity contribution in [3.8, 4) is 0 Å². The smallest absolute Gasteiger partial charge is 1.00 e. The minimum atomic E-state index is 0. The van der Waals surface area contributed by atoms with Crippen molar-refractivity contribution in [1.82, 2.24) is 0 Å². The summed E-state index contributed by atoms with van der Waals surface area (Å²) in [6.45, 7) is 0. The van der Waals surface area contributed by atoms with Gasteiger partial charge in [-0.25, -0.2) is 0 Å². The van der Waals surface area contributed by atoms with Crippen LogP contribution in [0.3, 0.4) is 0 Å². The predicted octanol–water partition coefficient (Wildman–Crippen LogP) is -13.5. The van der Waals surface area contributed by atoms with Crippen LogP contribution >= 0.6 is 0 Å². The number of rotatable bonds is 0. The van der Waals surface area contributed by atoms with E-state index in [1.807, 2.05) is 0 Å². The number of hydrogen-bond donors (Lipinski definition) is 0. The van der Waals surface area contributed by atoms with E-state index in [1.165, 1.54) is 0 Å². The molecule has 0 aliphatic rings. The van der Waals surface area contributed by atoms with Crippen LogP contribution in [0.1, 0.15) is 0 Å². The van der Waals surface area contributed by atoms with Gasteiger partial charge >= 0.3 is 92.2 Å². The zero-order valence-electron chi connectivity index (χ0n) is 4.34. The van der Waals surface area contributed by atoms with E-state index in [0.29, 0.717) is 0 Å². The third-order valence-corrected chi connectivity index (χ3v) is 0. The molecule has 0 rings (SSSR count). The Bertz CT molecular complexity index is 8.00. The summed E-state index contributed by atoms with van der Waals surface area (Å²) in [6.07, 6.45) is 0. The molecule has 0 aliphatic heterocycles. The van der Waals surface area contributed by atoms with Crippen LogP contribution in [0.2, 0.25) is 0 Å². The second-order valence-corrected chi connectivity index (χ2v) is 0. The van der Waals surface area contributed by atoms with Crippen LogP contribution in [0.25, 0.3) is 0 Å². The van der Waals surface area contributed by atoms with Crippen LogP contribution < -0.4 is 49.6 Å². The number of hydrogen-bond acceptors (Lipinski definition) is 0. The molecule has 0 aromatic rings. The van der Waals surface area contributed by atoms with Crippen molar-refractivity contribution >= 4 is 92.2 Å². The predicted molar refractivity (Wildman–Crippen MR) is 23.0 cm³/mol. The molecular weight excluding hydrogens is 239 g/mol. The van der Waals surface area contributed by atoms with Gasteiger partial charge in [-0.2, -0.15) is 0 Å². The van der Waals surface area contributed by atoms with Crippen molar-refractivity contribution in [2.75, 3.05) is 0 Å². The van der Waals surface area contributed by atoms with Crippen LogP contribution in [-0.2, 0) is 0 Å². The topological polar surface area (TPSA) is 0 Å². The minimum absolute atomic E-state index is 0. The first kappa shape index (κ1) is 86.3. The summed E-state index contributed by atoms with van der Waals surface area (Å²) in [5.41, 5.74) is 0. The molecule has 0 spiro atoms. The van der Waals surface area contributed by atoms with E-state index >= 15 is 0 Å². The monoisotopic (exact) mass is 236 g/mol. The largest absolute Gasteiger partial charge is 2.00 e. The Morgan fingerprint density at radius 1 is 0.250 bits per heavy atom. The van der Waals surface area contributed by atoms with Gasteiger partial charge in [0, 0.05) is 0 Å². The van der Waals surface area contributed by atoms with Gasteiger partial charge in [-0.05, 0) is 0 Å². The first-order chi connectivity index (χ1) is 0. The molecule has 0 saturated carbocycles. The van der Waals surface area contributed by atoms with Gasteiger partial charge in [0.15, 0.2) is 0 Å². The molecule has 32 valence electrons. The van der Waals surface area contributed by atoms with Gasteiger partial charge < -0.3 is 49.6 Å². The van der Waals surface area contributed by atoms with E-state index in [4.69, 9.17) is 0 Å². The normalized spacial score (nSPS) is 0. The molecule has 0 saturated heterocycles. The molecule has 0 aromatic carbocycles. The third-order valence-electron chi connectivity index (χ3n) is 0. The Hall–Kier alpha value is 4.22. The van der Waals surface area contributed by atoms with Crippen molar-refractivity contribution in [3.05, 3.63) is 0 Å². The molecule has 0 nitrogen and oxygen atoms in total. The quantitative estimate of drug-likeness (QED) is 0.368. The Labute approximate surface area is 139 Å². The van der Waals surface area contributed by atoms with Crippen molar-refractivity contribution in [3.63, 3.8) is 0 Å². The summed E-state index contributed by atoms with van der Waals surface area (Å²) < 4.78 is 0. The van der Waals surface area contributed by atoms with E-state index < -0.39 is 0 Å². The molecule has 0 aliphatic carbocycles. The van der Waals surface area contributed by atoms with Crippen LogP contribution in [0, 0.1) is 0 Å². The van der Waals surface area contributed by atoms with Crippen molar-refractivity contribution in [2.45, 2.75) is 0 Å². The fourth-order valence-corrected chi connectivity index (χ4v) is 0. The van der Waals surface area contributed by atoms with E-state index in [1.54, 1.807) is 0 Å². The standard InChI is InChI=1S/4ClH.4Mg/h4*1H;;;;/q;;;;4*+2/p-4. The molecule has 0 radical (unpaired) electrons. The summed E-state index contributed by atoms with van der Waals surface area (Å²) in [4.78, 5) is 0. The van der Waals surface area contributed by atoms with Crippen LogP contribution in [0.4, 0.5) is 0 Å². The molecule has 0 bridgehead atoms.